The first-order valence-electron chi connectivity index (χ1n) is 6.28. The van der Waals surface area contributed by atoms with Gasteiger partial charge >= 0.3 is 0 Å². The Morgan fingerprint density at radius 1 is 1.21 bits per heavy atom. The Labute approximate surface area is 116 Å². The van der Waals surface area contributed by atoms with Crippen LogP contribution in [-0.4, -0.2) is 41.2 Å². The van der Waals surface area contributed by atoms with E-state index in [4.69, 9.17) is 10.5 Å². The van der Waals surface area contributed by atoms with Gasteiger partial charge in [-0.05, 0) is 12.1 Å². The molecular weight excluding hydrogens is 260 g/mol. The van der Waals surface area contributed by atoms with Crippen LogP contribution in [0.3, 0.4) is 0 Å². The van der Waals surface area contributed by atoms with E-state index < -0.39 is 0 Å². The lowest BCUT2D eigenvalue weighted by atomic mass is 10.3. The first kappa shape index (κ1) is 12.5. The number of morpholine rings is 1. The Hall–Kier alpha value is -1.50. The summed E-state index contributed by atoms with van der Waals surface area (Å²) >= 11 is 1.76. The Kier molecular flexibility index (Phi) is 3.72. The maximum absolute atomic E-state index is 5.54. The third kappa shape index (κ3) is 3.09. The monoisotopic (exact) mass is 276 g/mol. The summed E-state index contributed by atoms with van der Waals surface area (Å²) in [6.45, 7) is 4.67. The third-order valence-corrected chi connectivity index (χ3v) is 4.16. The van der Waals surface area contributed by atoms with Gasteiger partial charge < -0.3 is 10.5 Å². The van der Waals surface area contributed by atoms with Crippen LogP contribution in [0.2, 0.25) is 0 Å². The normalized spacial score (nSPS) is 16.6. The molecule has 0 aromatic carbocycles. The fraction of sp³-hybridized carbons (Fsp3) is 0.385. The lowest BCUT2D eigenvalue weighted by molar-refractivity contribution is 0.0346. The lowest BCUT2D eigenvalue weighted by Gasteiger charge is -2.25. The topological polar surface area (TPSA) is 64.3 Å². The average molecular weight is 276 g/mol. The zero-order chi connectivity index (χ0) is 13.1. The predicted octanol–water partition coefficient (Wildman–Crippen LogP) is 1.62. The van der Waals surface area contributed by atoms with Gasteiger partial charge in [0.25, 0.3) is 0 Å². The zero-order valence-electron chi connectivity index (χ0n) is 10.6. The van der Waals surface area contributed by atoms with Crippen molar-refractivity contribution in [1.82, 2.24) is 14.9 Å². The number of aromatic nitrogens is 2. The van der Waals surface area contributed by atoms with E-state index in [0.717, 1.165) is 43.4 Å². The molecule has 1 aliphatic heterocycles. The zero-order valence-corrected chi connectivity index (χ0v) is 11.4. The van der Waals surface area contributed by atoms with E-state index >= 15 is 0 Å². The summed E-state index contributed by atoms with van der Waals surface area (Å²) in [6.07, 6.45) is 3.32. The predicted molar refractivity (Wildman–Crippen MR) is 75.9 cm³/mol. The van der Waals surface area contributed by atoms with Crippen LogP contribution in [0.5, 0.6) is 0 Å². The molecule has 0 aliphatic carbocycles. The largest absolute Gasteiger partial charge is 0.382 e. The number of nitrogens with two attached hydrogens (primary N) is 1. The molecule has 0 bridgehead atoms. The van der Waals surface area contributed by atoms with Gasteiger partial charge in [0, 0.05) is 24.5 Å². The van der Waals surface area contributed by atoms with Crippen molar-refractivity contribution in [3.8, 4) is 10.6 Å². The summed E-state index contributed by atoms with van der Waals surface area (Å²) in [5.74, 6) is 0.453. The number of hydrogen-bond donors (Lipinski definition) is 1. The van der Waals surface area contributed by atoms with Crippen molar-refractivity contribution < 1.29 is 4.74 Å². The summed E-state index contributed by atoms with van der Waals surface area (Å²) < 4.78 is 5.35. The van der Waals surface area contributed by atoms with Crippen LogP contribution in [0.25, 0.3) is 10.6 Å². The van der Waals surface area contributed by atoms with Gasteiger partial charge in [0.1, 0.15) is 5.82 Å². The van der Waals surface area contributed by atoms with E-state index in [1.54, 1.807) is 23.7 Å². The van der Waals surface area contributed by atoms with E-state index in [9.17, 15) is 0 Å². The van der Waals surface area contributed by atoms with Gasteiger partial charge in [0.15, 0.2) is 0 Å². The molecule has 0 saturated carbocycles. The second-order valence-electron chi connectivity index (χ2n) is 4.48. The molecule has 19 heavy (non-hydrogen) atoms. The number of nitrogen functional groups attached to an aromatic ring is 1. The highest BCUT2D eigenvalue weighted by Gasteiger charge is 2.12. The summed E-state index contributed by atoms with van der Waals surface area (Å²) in [5, 5.41) is 0. The number of anilines is 1. The van der Waals surface area contributed by atoms with E-state index in [2.05, 4.69) is 27.0 Å². The van der Waals surface area contributed by atoms with E-state index in [0.29, 0.717) is 5.82 Å². The molecule has 0 spiro atoms. The van der Waals surface area contributed by atoms with Gasteiger partial charge in [0.2, 0.25) is 0 Å². The van der Waals surface area contributed by atoms with Crippen molar-refractivity contribution in [2.75, 3.05) is 32.0 Å². The smallest absolute Gasteiger partial charge is 0.141 e. The minimum atomic E-state index is 0.453. The second kappa shape index (κ2) is 5.64. The van der Waals surface area contributed by atoms with Crippen molar-refractivity contribution in [2.45, 2.75) is 6.54 Å². The molecule has 3 heterocycles. The number of nitrogens with zero attached hydrogens (tertiary/aromatic N) is 3. The highest BCUT2D eigenvalue weighted by molar-refractivity contribution is 7.15. The molecule has 100 valence electrons. The first-order chi connectivity index (χ1) is 9.31. The fourth-order valence-electron chi connectivity index (χ4n) is 2.05. The lowest BCUT2D eigenvalue weighted by Crippen LogP contribution is -2.35. The van der Waals surface area contributed by atoms with Gasteiger partial charge in [-0.3, -0.25) is 4.90 Å². The molecule has 2 N–H and O–H groups in total. The van der Waals surface area contributed by atoms with Crippen molar-refractivity contribution in [3.05, 3.63) is 29.4 Å². The highest BCUT2D eigenvalue weighted by Crippen LogP contribution is 2.27. The van der Waals surface area contributed by atoms with Crippen LogP contribution in [0.15, 0.2) is 24.5 Å². The summed E-state index contributed by atoms with van der Waals surface area (Å²) in [7, 11) is 0. The quantitative estimate of drug-likeness (QED) is 0.923. The number of rotatable bonds is 3. The SMILES string of the molecule is Nc1cnc(-c2ccc(CN3CCOCC3)s2)cn1. The maximum atomic E-state index is 5.54. The highest BCUT2D eigenvalue weighted by atomic mass is 32.1. The Morgan fingerprint density at radius 3 is 2.79 bits per heavy atom. The minimum absolute atomic E-state index is 0.453. The van der Waals surface area contributed by atoms with Crippen LogP contribution in [0.1, 0.15) is 4.88 Å². The first-order valence-corrected chi connectivity index (χ1v) is 7.09. The van der Waals surface area contributed by atoms with Crippen LogP contribution in [0, 0.1) is 0 Å². The molecule has 0 unspecified atom stereocenters. The molecule has 0 radical (unpaired) electrons. The van der Waals surface area contributed by atoms with Crippen LogP contribution in [0.4, 0.5) is 5.82 Å². The van der Waals surface area contributed by atoms with Gasteiger partial charge in [-0.15, -0.1) is 11.3 Å². The molecule has 1 fully saturated rings. The van der Waals surface area contributed by atoms with Crippen LogP contribution >= 0.6 is 11.3 Å². The molecule has 1 saturated heterocycles. The molecule has 0 amide bonds. The maximum Gasteiger partial charge on any atom is 0.141 e. The number of hydrogen-bond acceptors (Lipinski definition) is 6. The summed E-state index contributed by atoms with van der Waals surface area (Å²) in [5.41, 5.74) is 6.43. The standard InChI is InChI=1S/C13H16N4OS/c14-13-8-15-11(7-16-13)12-2-1-10(19-12)9-17-3-5-18-6-4-17/h1-2,7-8H,3-6,9H2,(H2,14,16). The van der Waals surface area contributed by atoms with Gasteiger partial charge in [-0.2, -0.15) is 0 Å². The summed E-state index contributed by atoms with van der Waals surface area (Å²) in [6, 6.07) is 4.26. The van der Waals surface area contributed by atoms with E-state index in [-0.39, 0.29) is 0 Å². The van der Waals surface area contributed by atoms with Gasteiger partial charge in [-0.1, -0.05) is 0 Å². The second-order valence-corrected chi connectivity index (χ2v) is 5.65. The van der Waals surface area contributed by atoms with Crippen LogP contribution < -0.4 is 5.73 Å². The number of ether oxygens (including phenoxy) is 1. The minimum Gasteiger partial charge on any atom is -0.382 e. The van der Waals surface area contributed by atoms with Gasteiger partial charge in [0.05, 0.1) is 36.2 Å². The Bertz CT molecular complexity index is 534. The fourth-order valence-corrected chi connectivity index (χ4v) is 3.06. The average Bonchev–Trinajstić information content (AvgIpc) is 2.89. The van der Waals surface area contributed by atoms with Crippen molar-refractivity contribution in [3.63, 3.8) is 0 Å². The Balaban J connectivity index is 1.70. The molecule has 6 heteroatoms. The van der Waals surface area contributed by atoms with Crippen molar-refractivity contribution >= 4 is 17.2 Å². The van der Waals surface area contributed by atoms with E-state index in [1.807, 2.05) is 0 Å². The molecular formula is C13H16N4OS. The van der Waals surface area contributed by atoms with Crippen molar-refractivity contribution in [1.29, 1.82) is 0 Å². The number of thiophene rings is 1. The molecule has 2 aromatic heterocycles. The molecule has 5 nitrogen and oxygen atoms in total. The van der Waals surface area contributed by atoms with Crippen LogP contribution in [-0.2, 0) is 11.3 Å². The van der Waals surface area contributed by atoms with Crippen molar-refractivity contribution in [2.24, 2.45) is 0 Å². The van der Waals surface area contributed by atoms with E-state index in [1.165, 1.54) is 4.88 Å². The molecule has 3 rings (SSSR count). The summed E-state index contributed by atoms with van der Waals surface area (Å²) in [4.78, 5) is 13.3. The molecule has 0 atom stereocenters. The molecule has 1 aliphatic rings. The Morgan fingerprint density at radius 2 is 2.05 bits per heavy atom. The van der Waals surface area contributed by atoms with Gasteiger partial charge in [-0.25, -0.2) is 9.97 Å². The third-order valence-electron chi connectivity index (χ3n) is 3.07. The molecule has 2 aromatic rings.